The molecule has 27 heavy (non-hydrogen) atoms. The Labute approximate surface area is 157 Å². The zero-order valence-electron chi connectivity index (χ0n) is 15.4. The molecule has 0 unspecified atom stereocenters. The quantitative estimate of drug-likeness (QED) is 0.441. The number of quaternary nitrogens is 1. The molecule has 150 valence electrons. The van der Waals surface area contributed by atoms with E-state index in [9.17, 15) is 13.2 Å². The van der Waals surface area contributed by atoms with Gasteiger partial charge in [0.05, 0.1) is 21.2 Å². The minimum Gasteiger partial charge on any atom is -0.741 e. The molecule has 2 aromatic carbocycles. The van der Waals surface area contributed by atoms with Crippen molar-refractivity contribution in [2.24, 2.45) is 0 Å². The standard InChI is InChI=1S/C17H22NO.CHF3O3S/c1-14-5-9-16(10-6-14)18(2,3)13-15-7-11-17(19-4)12-8-15;2-1(3,4)8(5,6)7/h5-12H,13H2,1-4H3;(H,5,6,7)/q+1;/p-1. The van der Waals surface area contributed by atoms with Gasteiger partial charge in [-0.3, -0.25) is 4.48 Å². The molecule has 9 heteroatoms. The summed E-state index contributed by atoms with van der Waals surface area (Å²) in [7, 11) is 0.0676. The van der Waals surface area contributed by atoms with Crippen LogP contribution < -0.4 is 9.22 Å². The molecule has 0 saturated carbocycles. The lowest BCUT2D eigenvalue weighted by Crippen LogP contribution is -2.39. The van der Waals surface area contributed by atoms with Crippen LogP contribution in [0.25, 0.3) is 0 Å². The maximum absolute atomic E-state index is 10.7. The Morgan fingerprint density at radius 1 is 1.00 bits per heavy atom. The molecule has 0 radical (unpaired) electrons. The molecule has 0 aliphatic carbocycles. The van der Waals surface area contributed by atoms with Crippen molar-refractivity contribution in [3.63, 3.8) is 0 Å². The highest BCUT2D eigenvalue weighted by molar-refractivity contribution is 7.86. The van der Waals surface area contributed by atoms with Gasteiger partial charge in [0, 0.05) is 5.56 Å². The second-order valence-electron chi connectivity index (χ2n) is 6.43. The highest BCUT2D eigenvalue weighted by atomic mass is 32.2. The number of hydrogen-bond donors (Lipinski definition) is 0. The molecule has 2 aromatic rings. The van der Waals surface area contributed by atoms with Crippen molar-refractivity contribution in [1.82, 2.24) is 4.48 Å². The highest BCUT2D eigenvalue weighted by Gasteiger charge is 2.36. The maximum atomic E-state index is 10.7. The van der Waals surface area contributed by atoms with Gasteiger partial charge in [-0.2, -0.15) is 13.2 Å². The van der Waals surface area contributed by atoms with E-state index in [0.717, 1.165) is 16.8 Å². The van der Waals surface area contributed by atoms with Gasteiger partial charge >= 0.3 is 5.51 Å². The molecule has 0 N–H and O–H groups in total. The van der Waals surface area contributed by atoms with Crippen LogP contribution in [0.15, 0.2) is 48.5 Å². The summed E-state index contributed by atoms with van der Waals surface area (Å²) in [5.41, 5.74) is -1.71. The van der Waals surface area contributed by atoms with Gasteiger partial charge in [0.15, 0.2) is 10.1 Å². The summed E-state index contributed by atoms with van der Waals surface area (Å²) in [5, 5.41) is 0. The Morgan fingerprint density at radius 2 is 1.44 bits per heavy atom. The predicted octanol–water partition coefficient (Wildman–Crippen LogP) is 3.82. The molecule has 2 rings (SSSR count). The number of ether oxygens (including phenoxy) is 1. The van der Waals surface area contributed by atoms with Gasteiger partial charge in [0.2, 0.25) is 0 Å². The Morgan fingerprint density at radius 3 is 1.81 bits per heavy atom. The van der Waals surface area contributed by atoms with E-state index in [-0.39, 0.29) is 0 Å². The minimum absolute atomic E-state index is 0.840. The second-order valence-corrected chi connectivity index (χ2v) is 7.80. The van der Waals surface area contributed by atoms with Crippen LogP contribution in [0.3, 0.4) is 0 Å². The minimum atomic E-state index is -6.09. The molecule has 0 aliphatic heterocycles. The van der Waals surface area contributed by atoms with Crippen LogP contribution >= 0.6 is 0 Å². The summed E-state index contributed by atoms with van der Waals surface area (Å²) in [6, 6.07) is 17.1. The normalized spacial score (nSPS) is 12.1. The van der Waals surface area contributed by atoms with Crippen molar-refractivity contribution in [1.29, 1.82) is 0 Å². The monoisotopic (exact) mass is 405 g/mol. The molecular formula is C18H22F3NO4S. The zero-order chi connectivity index (χ0) is 20.9. The third-order valence-electron chi connectivity index (χ3n) is 3.75. The molecular weight excluding hydrogens is 383 g/mol. The summed E-state index contributed by atoms with van der Waals surface area (Å²) in [4.78, 5) is 0. The first-order valence-electron chi connectivity index (χ1n) is 7.81. The van der Waals surface area contributed by atoms with Crippen LogP contribution in [0.4, 0.5) is 18.9 Å². The number of aryl methyl sites for hydroxylation is 1. The molecule has 0 bridgehead atoms. The Bertz CT molecular complexity index is 830. The van der Waals surface area contributed by atoms with Crippen LogP contribution in [0.2, 0.25) is 0 Å². The van der Waals surface area contributed by atoms with Crippen molar-refractivity contribution in [3.8, 4) is 5.75 Å². The third kappa shape index (κ3) is 7.20. The fourth-order valence-electron chi connectivity index (χ4n) is 2.23. The van der Waals surface area contributed by atoms with Gasteiger partial charge in [-0.25, -0.2) is 8.42 Å². The van der Waals surface area contributed by atoms with Crippen LogP contribution in [-0.2, 0) is 16.7 Å². The van der Waals surface area contributed by atoms with Crippen LogP contribution in [0.5, 0.6) is 5.75 Å². The molecule has 0 spiro atoms. The Balaban J connectivity index is 0.000000387. The van der Waals surface area contributed by atoms with Crippen molar-refractivity contribution in [2.45, 2.75) is 19.0 Å². The molecule has 0 fully saturated rings. The molecule has 0 aromatic heterocycles. The lowest BCUT2D eigenvalue weighted by atomic mass is 10.1. The van der Waals surface area contributed by atoms with Crippen molar-refractivity contribution in [2.75, 3.05) is 21.2 Å². The van der Waals surface area contributed by atoms with Gasteiger partial charge in [-0.1, -0.05) is 17.7 Å². The Hall–Kier alpha value is -2.10. The summed E-state index contributed by atoms with van der Waals surface area (Å²) in [5.74, 6) is 0.907. The van der Waals surface area contributed by atoms with Crippen LogP contribution in [0, 0.1) is 6.92 Å². The topological polar surface area (TPSA) is 66.4 Å². The van der Waals surface area contributed by atoms with Crippen molar-refractivity contribution >= 4 is 15.8 Å². The fraction of sp³-hybridized carbons (Fsp3) is 0.333. The first kappa shape index (κ1) is 22.9. The number of alkyl halides is 3. The van der Waals surface area contributed by atoms with E-state index in [4.69, 9.17) is 17.7 Å². The van der Waals surface area contributed by atoms with Gasteiger partial charge in [-0.05, 0) is 43.3 Å². The lowest BCUT2D eigenvalue weighted by molar-refractivity contribution is -0.0517. The van der Waals surface area contributed by atoms with Crippen LogP contribution in [-0.4, -0.2) is 39.7 Å². The highest BCUT2D eigenvalue weighted by Crippen LogP contribution is 2.23. The summed E-state index contributed by atoms with van der Waals surface area (Å²) in [6.45, 7) is 3.08. The fourth-order valence-corrected chi connectivity index (χ4v) is 2.23. The molecule has 0 aliphatic rings. The number of halogens is 3. The summed E-state index contributed by atoms with van der Waals surface area (Å²) < 4.78 is 64.9. The zero-order valence-corrected chi connectivity index (χ0v) is 16.3. The van der Waals surface area contributed by atoms with Crippen LogP contribution in [0.1, 0.15) is 11.1 Å². The molecule has 0 heterocycles. The van der Waals surface area contributed by atoms with Gasteiger partial charge in [-0.15, -0.1) is 0 Å². The van der Waals surface area contributed by atoms with E-state index < -0.39 is 15.6 Å². The first-order valence-corrected chi connectivity index (χ1v) is 9.22. The first-order chi connectivity index (χ1) is 12.3. The lowest BCUT2D eigenvalue weighted by Gasteiger charge is -2.29. The average Bonchev–Trinajstić information content (AvgIpc) is 2.54. The summed E-state index contributed by atoms with van der Waals surface area (Å²) in [6.07, 6.45) is 0. The second kappa shape index (κ2) is 8.73. The average molecular weight is 405 g/mol. The molecule has 0 amide bonds. The van der Waals surface area contributed by atoms with E-state index in [0.29, 0.717) is 0 Å². The number of hydrogen-bond acceptors (Lipinski definition) is 4. The van der Waals surface area contributed by atoms with Crippen molar-refractivity contribution < 1.29 is 30.9 Å². The molecule has 0 atom stereocenters. The van der Waals surface area contributed by atoms with E-state index in [1.165, 1.54) is 16.8 Å². The van der Waals surface area contributed by atoms with Gasteiger partial charge in [0.1, 0.15) is 18.0 Å². The summed E-state index contributed by atoms with van der Waals surface area (Å²) >= 11 is 0. The largest absolute Gasteiger partial charge is 0.741 e. The van der Waals surface area contributed by atoms with E-state index in [1.54, 1.807) is 7.11 Å². The number of methoxy groups -OCH3 is 1. The van der Waals surface area contributed by atoms with E-state index in [2.05, 4.69) is 57.4 Å². The van der Waals surface area contributed by atoms with E-state index in [1.807, 2.05) is 12.1 Å². The SMILES string of the molecule is COc1ccc(C[N+](C)(C)c2ccc(C)cc2)cc1.O=S(=O)([O-])C(F)(F)F. The number of nitrogens with zero attached hydrogens (tertiary/aromatic N) is 1. The number of rotatable bonds is 4. The smallest absolute Gasteiger partial charge is 0.485 e. The van der Waals surface area contributed by atoms with Crippen molar-refractivity contribution in [3.05, 3.63) is 59.7 Å². The molecule has 5 nitrogen and oxygen atoms in total. The molecule has 0 saturated heterocycles. The van der Waals surface area contributed by atoms with Gasteiger partial charge < -0.3 is 9.29 Å². The third-order valence-corrected chi connectivity index (χ3v) is 4.32. The van der Waals surface area contributed by atoms with E-state index >= 15 is 0 Å². The predicted molar refractivity (Wildman–Crippen MR) is 97.3 cm³/mol. The maximum Gasteiger partial charge on any atom is 0.485 e. The number of benzene rings is 2. The van der Waals surface area contributed by atoms with Gasteiger partial charge in [0.25, 0.3) is 0 Å². The Kier molecular flexibility index (Phi) is 7.41.